The first kappa shape index (κ1) is 12.7. The van der Waals surface area contributed by atoms with Gasteiger partial charge in [0.05, 0.1) is 0 Å². The van der Waals surface area contributed by atoms with Crippen molar-refractivity contribution in [2.75, 3.05) is 5.32 Å². The first-order chi connectivity index (χ1) is 9.25. The van der Waals surface area contributed by atoms with Gasteiger partial charge >= 0.3 is 0 Å². The molecule has 1 fully saturated rings. The minimum Gasteiger partial charge on any atom is -0.326 e. The van der Waals surface area contributed by atoms with Crippen molar-refractivity contribution in [2.24, 2.45) is 17.8 Å². The third-order valence-corrected chi connectivity index (χ3v) is 4.46. The zero-order valence-electron chi connectivity index (χ0n) is 10.8. The highest BCUT2D eigenvalue weighted by Crippen LogP contribution is 2.53. The fourth-order valence-corrected chi connectivity index (χ4v) is 3.42. The van der Waals surface area contributed by atoms with Gasteiger partial charge in [0.15, 0.2) is 0 Å². The van der Waals surface area contributed by atoms with Crippen molar-refractivity contribution >= 4 is 23.2 Å². The first-order valence-corrected chi connectivity index (χ1v) is 7.35. The van der Waals surface area contributed by atoms with Crippen LogP contribution in [0.5, 0.6) is 0 Å². The molecule has 2 aliphatic rings. The Balaban J connectivity index is 1.63. The largest absolute Gasteiger partial charge is 0.326 e. The molecule has 0 aromatic heterocycles. The number of amides is 1. The molecule has 2 atom stereocenters. The minimum atomic E-state index is 0.166. The summed E-state index contributed by atoms with van der Waals surface area (Å²) in [6.07, 6.45) is 9.02. The Bertz CT molecular complexity index is 495. The van der Waals surface area contributed by atoms with Crippen LogP contribution in [0.4, 0.5) is 5.69 Å². The molecule has 0 aliphatic heterocycles. The molecule has 100 valence electrons. The Morgan fingerprint density at radius 2 is 1.84 bits per heavy atom. The smallest absolute Gasteiger partial charge is 0.228 e. The average molecular weight is 276 g/mol. The molecule has 0 heterocycles. The fourth-order valence-electron chi connectivity index (χ4n) is 3.23. The van der Waals surface area contributed by atoms with E-state index in [2.05, 4.69) is 17.5 Å². The summed E-state index contributed by atoms with van der Waals surface area (Å²) in [6.45, 7) is 0. The Morgan fingerprint density at radius 1 is 1.16 bits per heavy atom. The van der Waals surface area contributed by atoms with E-state index in [4.69, 9.17) is 11.6 Å². The van der Waals surface area contributed by atoms with E-state index in [0.717, 1.165) is 31.4 Å². The number of benzene rings is 1. The summed E-state index contributed by atoms with van der Waals surface area (Å²) in [5, 5.41) is 3.65. The van der Waals surface area contributed by atoms with Gasteiger partial charge in [-0.3, -0.25) is 4.79 Å². The summed E-state index contributed by atoms with van der Waals surface area (Å²) in [5.74, 6) is 1.55. The molecule has 1 N–H and O–H groups in total. The Morgan fingerprint density at radius 3 is 2.47 bits per heavy atom. The lowest BCUT2D eigenvalue weighted by molar-refractivity contribution is -0.117. The molecule has 3 heteroatoms. The maximum absolute atomic E-state index is 12.3. The normalized spacial score (nSPS) is 30.7. The number of fused-ring (bicyclic) bond motifs is 1. The Labute approximate surface area is 118 Å². The molecule has 0 spiro atoms. The monoisotopic (exact) mass is 275 g/mol. The van der Waals surface area contributed by atoms with Gasteiger partial charge in [-0.15, -0.1) is 0 Å². The summed E-state index contributed by atoms with van der Waals surface area (Å²) in [4.78, 5) is 12.3. The van der Waals surface area contributed by atoms with E-state index in [1.165, 1.54) is 0 Å². The zero-order valence-corrected chi connectivity index (χ0v) is 11.6. The summed E-state index contributed by atoms with van der Waals surface area (Å²) >= 11 is 5.93. The van der Waals surface area contributed by atoms with Crippen LogP contribution in [0.3, 0.4) is 0 Å². The molecule has 3 rings (SSSR count). The molecule has 1 saturated carbocycles. The summed E-state index contributed by atoms with van der Waals surface area (Å²) in [7, 11) is 0. The van der Waals surface area contributed by atoms with Crippen LogP contribution < -0.4 is 5.32 Å². The fraction of sp³-hybridized carbons (Fsp3) is 0.438. The highest BCUT2D eigenvalue weighted by atomic mass is 35.5. The van der Waals surface area contributed by atoms with Crippen LogP contribution in [0.15, 0.2) is 36.4 Å². The molecule has 0 radical (unpaired) electrons. The molecule has 0 saturated heterocycles. The number of rotatable bonds is 2. The van der Waals surface area contributed by atoms with Crippen LogP contribution in [0.2, 0.25) is 5.02 Å². The first-order valence-electron chi connectivity index (χ1n) is 6.97. The van der Waals surface area contributed by atoms with E-state index < -0.39 is 0 Å². The number of hydrogen-bond acceptors (Lipinski definition) is 1. The molecule has 1 amide bonds. The number of anilines is 1. The average Bonchev–Trinajstić information content (AvgIpc) is 3.00. The van der Waals surface area contributed by atoms with Crippen LogP contribution in [0.1, 0.15) is 25.7 Å². The summed E-state index contributed by atoms with van der Waals surface area (Å²) < 4.78 is 0. The number of halogens is 1. The Hall–Kier alpha value is -1.28. The van der Waals surface area contributed by atoms with Gasteiger partial charge in [-0.2, -0.15) is 0 Å². The van der Waals surface area contributed by atoms with E-state index >= 15 is 0 Å². The van der Waals surface area contributed by atoms with Crippen LogP contribution in [0.25, 0.3) is 0 Å². The van der Waals surface area contributed by atoms with E-state index in [9.17, 15) is 4.79 Å². The van der Waals surface area contributed by atoms with Gasteiger partial charge in [0.25, 0.3) is 0 Å². The number of allylic oxidation sites excluding steroid dienone is 2. The third kappa shape index (κ3) is 2.84. The quantitative estimate of drug-likeness (QED) is 0.803. The van der Waals surface area contributed by atoms with Crippen LogP contribution in [-0.2, 0) is 4.79 Å². The lowest BCUT2D eigenvalue weighted by Crippen LogP contribution is -2.15. The van der Waals surface area contributed by atoms with Gasteiger partial charge in [0, 0.05) is 16.6 Å². The van der Waals surface area contributed by atoms with Crippen LogP contribution in [0, 0.1) is 17.8 Å². The molecular weight excluding hydrogens is 258 g/mol. The number of hydrogen-bond donors (Lipinski definition) is 1. The predicted molar refractivity (Wildman–Crippen MR) is 78.2 cm³/mol. The second-order valence-corrected chi connectivity index (χ2v) is 5.92. The summed E-state index contributed by atoms with van der Waals surface area (Å²) in [5.41, 5.74) is 0.801. The number of nitrogens with one attached hydrogen (secondary N) is 1. The summed E-state index contributed by atoms with van der Waals surface area (Å²) in [6, 6.07) is 7.35. The van der Waals surface area contributed by atoms with Crippen LogP contribution in [-0.4, -0.2) is 5.91 Å². The van der Waals surface area contributed by atoms with Gasteiger partial charge in [-0.05, 0) is 55.7 Å². The molecular formula is C16H18ClNO. The highest BCUT2D eigenvalue weighted by Gasteiger charge is 2.53. The second-order valence-electron chi connectivity index (χ2n) is 5.48. The SMILES string of the molecule is O=C(Nc1cccc(Cl)c1)C1[C@H]2CC/C=C\CC[C@H]12. The van der Waals surface area contributed by atoms with Crippen molar-refractivity contribution in [1.29, 1.82) is 0 Å². The predicted octanol–water partition coefficient (Wildman–Crippen LogP) is 4.27. The van der Waals surface area contributed by atoms with E-state index in [1.807, 2.05) is 18.2 Å². The van der Waals surface area contributed by atoms with E-state index in [1.54, 1.807) is 6.07 Å². The molecule has 2 aliphatic carbocycles. The molecule has 1 aromatic carbocycles. The van der Waals surface area contributed by atoms with Gasteiger partial charge in [0.2, 0.25) is 5.91 Å². The maximum atomic E-state index is 12.3. The molecule has 2 nitrogen and oxygen atoms in total. The van der Waals surface area contributed by atoms with E-state index in [-0.39, 0.29) is 11.8 Å². The van der Waals surface area contributed by atoms with Gasteiger partial charge in [0.1, 0.15) is 0 Å². The molecule has 0 unspecified atom stereocenters. The van der Waals surface area contributed by atoms with Crippen molar-refractivity contribution < 1.29 is 4.79 Å². The minimum absolute atomic E-state index is 0.166. The zero-order chi connectivity index (χ0) is 13.2. The number of carbonyl (C=O) groups excluding carboxylic acids is 1. The van der Waals surface area contributed by atoms with E-state index in [0.29, 0.717) is 16.9 Å². The van der Waals surface area contributed by atoms with Crippen molar-refractivity contribution in [3.8, 4) is 0 Å². The number of carbonyl (C=O) groups is 1. The lowest BCUT2D eigenvalue weighted by Gasteiger charge is -2.05. The second kappa shape index (κ2) is 5.38. The van der Waals surface area contributed by atoms with Crippen molar-refractivity contribution in [3.63, 3.8) is 0 Å². The van der Waals surface area contributed by atoms with Crippen molar-refractivity contribution in [1.82, 2.24) is 0 Å². The molecule has 0 bridgehead atoms. The van der Waals surface area contributed by atoms with Crippen LogP contribution >= 0.6 is 11.6 Å². The third-order valence-electron chi connectivity index (χ3n) is 4.23. The highest BCUT2D eigenvalue weighted by molar-refractivity contribution is 6.30. The van der Waals surface area contributed by atoms with Gasteiger partial charge in [-0.1, -0.05) is 29.8 Å². The van der Waals surface area contributed by atoms with Gasteiger partial charge in [-0.25, -0.2) is 0 Å². The lowest BCUT2D eigenvalue weighted by atomic mass is 10.1. The van der Waals surface area contributed by atoms with Crippen molar-refractivity contribution in [3.05, 3.63) is 41.4 Å². The maximum Gasteiger partial charge on any atom is 0.228 e. The molecule has 19 heavy (non-hydrogen) atoms. The topological polar surface area (TPSA) is 29.1 Å². The molecule has 1 aromatic rings. The van der Waals surface area contributed by atoms with Crippen molar-refractivity contribution in [2.45, 2.75) is 25.7 Å². The standard InChI is InChI=1S/C16H18ClNO/c17-11-6-5-7-12(10-11)18-16(19)15-13-8-3-1-2-4-9-14(13)15/h1-2,5-7,10,13-15H,3-4,8-9H2,(H,18,19)/b2-1-/t13-,14-/m0/s1. The Kier molecular flexibility index (Phi) is 3.61. The van der Waals surface area contributed by atoms with Gasteiger partial charge < -0.3 is 5.32 Å².